The van der Waals surface area contributed by atoms with E-state index in [1.807, 2.05) is 6.92 Å². The zero-order valence-corrected chi connectivity index (χ0v) is 14.8. The van der Waals surface area contributed by atoms with Gasteiger partial charge in [0, 0.05) is 25.7 Å². The molecule has 1 aromatic rings. The van der Waals surface area contributed by atoms with Gasteiger partial charge in [-0.05, 0) is 38.8 Å². The van der Waals surface area contributed by atoms with E-state index in [4.69, 9.17) is 9.47 Å². The zero-order chi connectivity index (χ0) is 18.1. The first-order valence-corrected chi connectivity index (χ1v) is 8.81. The molecule has 1 amide bonds. The molecule has 25 heavy (non-hydrogen) atoms. The predicted octanol–water partition coefficient (Wildman–Crippen LogP) is 0.987. The van der Waals surface area contributed by atoms with E-state index in [-0.39, 0.29) is 5.91 Å². The number of aliphatic hydroxyl groups excluding tert-OH is 1. The minimum atomic E-state index is -1.16. The molecule has 0 radical (unpaired) electrons. The van der Waals surface area contributed by atoms with Gasteiger partial charge >= 0.3 is 0 Å². The average Bonchev–Trinajstić information content (AvgIpc) is 2.61. The van der Waals surface area contributed by atoms with E-state index in [0.29, 0.717) is 57.0 Å². The monoisotopic (exact) mass is 350 g/mol. The first-order chi connectivity index (χ1) is 11.9. The summed E-state index contributed by atoms with van der Waals surface area (Å²) in [5, 5.41) is 20.9. The lowest BCUT2D eigenvalue weighted by Crippen LogP contribution is -2.64. The number of aliphatic hydroxyl groups is 2. The Kier molecular flexibility index (Phi) is 4.99. The number of likely N-dealkylation sites (tertiary alicyclic amines) is 1. The van der Waals surface area contributed by atoms with Crippen molar-refractivity contribution in [2.24, 2.45) is 0 Å². The summed E-state index contributed by atoms with van der Waals surface area (Å²) in [6.07, 6.45) is 2.02. The number of piperidine rings is 1. The Labute approximate surface area is 147 Å². The van der Waals surface area contributed by atoms with Crippen LogP contribution in [0.25, 0.3) is 0 Å². The van der Waals surface area contributed by atoms with Crippen LogP contribution < -0.4 is 4.74 Å². The molecule has 3 rings (SSSR count). The average molecular weight is 350 g/mol. The highest BCUT2D eigenvalue weighted by Gasteiger charge is 2.53. The maximum Gasteiger partial charge on any atom is 0.259 e. The summed E-state index contributed by atoms with van der Waals surface area (Å²) in [6.45, 7) is 5.24. The number of amides is 1. The minimum absolute atomic E-state index is 0.136. The van der Waals surface area contributed by atoms with Gasteiger partial charge in [-0.3, -0.25) is 4.79 Å². The van der Waals surface area contributed by atoms with E-state index in [9.17, 15) is 15.0 Å². The van der Waals surface area contributed by atoms with Crippen LogP contribution in [0, 0.1) is 0 Å². The summed E-state index contributed by atoms with van der Waals surface area (Å²) >= 11 is 0. The van der Waals surface area contributed by atoms with E-state index in [2.05, 4.69) is 4.98 Å². The van der Waals surface area contributed by atoms with Crippen molar-refractivity contribution in [3.05, 3.63) is 23.9 Å². The Morgan fingerprint density at radius 2 is 2.16 bits per heavy atom. The van der Waals surface area contributed by atoms with Crippen molar-refractivity contribution in [1.29, 1.82) is 0 Å². The molecule has 0 unspecified atom stereocenters. The number of hydrogen-bond donors (Lipinski definition) is 2. The molecule has 1 spiro atoms. The molecule has 138 valence electrons. The van der Waals surface area contributed by atoms with Gasteiger partial charge in [0.15, 0.2) is 0 Å². The van der Waals surface area contributed by atoms with Crippen LogP contribution in [0.4, 0.5) is 0 Å². The van der Waals surface area contributed by atoms with E-state index in [1.165, 1.54) is 0 Å². The van der Waals surface area contributed by atoms with Crippen LogP contribution in [0.5, 0.6) is 5.88 Å². The van der Waals surface area contributed by atoms with Gasteiger partial charge in [-0.1, -0.05) is 0 Å². The van der Waals surface area contributed by atoms with E-state index in [1.54, 1.807) is 30.2 Å². The van der Waals surface area contributed by atoms with E-state index >= 15 is 0 Å². The van der Waals surface area contributed by atoms with Crippen molar-refractivity contribution in [3.63, 3.8) is 0 Å². The van der Waals surface area contributed by atoms with Gasteiger partial charge < -0.3 is 24.6 Å². The van der Waals surface area contributed by atoms with Crippen molar-refractivity contribution in [1.82, 2.24) is 9.88 Å². The molecular formula is C18H26N2O5. The molecule has 0 saturated carbocycles. The SMILES string of the molecule is CCOc1ncccc1C(=O)N1CCC2(CC1)OCC[C@@](C)(O)[C@@H]2O. The van der Waals surface area contributed by atoms with Crippen molar-refractivity contribution < 1.29 is 24.5 Å². The quantitative estimate of drug-likeness (QED) is 0.845. The van der Waals surface area contributed by atoms with Gasteiger partial charge in [-0.2, -0.15) is 0 Å². The van der Waals surface area contributed by atoms with Crippen LogP contribution in [0.15, 0.2) is 18.3 Å². The number of carbonyl (C=O) groups is 1. The second-order valence-electron chi connectivity index (χ2n) is 7.00. The Balaban J connectivity index is 1.71. The number of hydrogen-bond acceptors (Lipinski definition) is 6. The highest BCUT2D eigenvalue weighted by molar-refractivity contribution is 5.96. The Morgan fingerprint density at radius 3 is 2.84 bits per heavy atom. The summed E-state index contributed by atoms with van der Waals surface area (Å²) < 4.78 is 11.3. The number of pyridine rings is 1. The summed E-state index contributed by atoms with van der Waals surface area (Å²) in [5.41, 5.74) is -1.50. The molecule has 2 N–H and O–H groups in total. The highest BCUT2D eigenvalue weighted by atomic mass is 16.5. The first kappa shape index (κ1) is 18.1. The van der Waals surface area contributed by atoms with Gasteiger partial charge in [0.25, 0.3) is 5.91 Å². The minimum Gasteiger partial charge on any atom is -0.477 e. The van der Waals surface area contributed by atoms with Gasteiger partial charge in [0.1, 0.15) is 17.3 Å². The molecule has 2 atom stereocenters. The molecule has 0 aromatic carbocycles. The Bertz CT molecular complexity index is 626. The van der Waals surface area contributed by atoms with Crippen molar-refractivity contribution in [2.45, 2.75) is 50.4 Å². The maximum atomic E-state index is 12.8. The largest absolute Gasteiger partial charge is 0.477 e. The molecule has 7 heteroatoms. The Hall–Kier alpha value is -1.70. The van der Waals surface area contributed by atoms with Crippen molar-refractivity contribution >= 4 is 5.91 Å². The third-order valence-corrected chi connectivity index (χ3v) is 5.26. The molecule has 7 nitrogen and oxygen atoms in total. The second-order valence-corrected chi connectivity index (χ2v) is 7.00. The topological polar surface area (TPSA) is 92.1 Å². The molecule has 3 heterocycles. The molecule has 2 saturated heterocycles. The smallest absolute Gasteiger partial charge is 0.259 e. The summed E-state index contributed by atoms with van der Waals surface area (Å²) in [4.78, 5) is 18.7. The fourth-order valence-corrected chi connectivity index (χ4v) is 3.73. The van der Waals surface area contributed by atoms with Crippen LogP contribution in [0.1, 0.15) is 43.5 Å². The number of carbonyl (C=O) groups excluding carboxylic acids is 1. The number of nitrogens with zero attached hydrogens (tertiary/aromatic N) is 2. The standard InChI is InChI=1S/C18H26N2O5/c1-3-24-14-13(5-4-9-19-14)15(21)20-10-6-18(7-11-20)16(22)17(2,23)8-12-25-18/h4-5,9,16,22-23H,3,6-8,10-12H2,1-2H3/t16-,17+/m0/s1. The van der Waals surface area contributed by atoms with Crippen LogP contribution in [0.2, 0.25) is 0 Å². The number of aromatic nitrogens is 1. The number of rotatable bonds is 3. The molecule has 1 aromatic heterocycles. The van der Waals surface area contributed by atoms with Gasteiger partial charge in [-0.15, -0.1) is 0 Å². The fourth-order valence-electron chi connectivity index (χ4n) is 3.73. The Morgan fingerprint density at radius 1 is 1.44 bits per heavy atom. The molecular weight excluding hydrogens is 324 g/mol. The van der Waals surface area contributed by atoms with Gasteiger partial charge in [-0.25, -0.2) is 4.98 Å². The fraction of sp³-hybridized carbons (Fsp3) is 0.667. The van der Waals surface area contributed by atoms with E-state index in [0.717, 1.165) is 0 Å². The summed E-state index contributed by atoms with van der Waals surface area (Å²) in [7, 11) is 0. The molecule has 0 bridgehead atoms. The lowest BCUT2D eigenvalue weighted by molar-refractivity contribution is -0.244. The van der Waals surface area contributed by atoms with Crippen LogP contribution in [0.3, 0.4) is 0 Å². The lowest BCUT2D eigenvalue weighted by atomic mass is 9.75. The first-order valence-electron chi connectivity index (χ1n) is 8.81. The molecule has 2 aliphatic rings. The van der Waals surface area contributed by atoms with Crippen LogP contribution in [-0.4, -0.2) is 69.6 Å². The van der Waals surface area contributed by atoms with Gasteiger partial charge in [0.2, 0.25) is 5.88 Å². The second kappa shape index (κ2) is 6.90. The third-order valence-electron chi connectivity index (χ3n) is 5.26. The highest BCUT2D eigenvalue weighted by Crippen LogP contribution is 2.40. The number of ether oxygens (including phenoxy) is 2. The summed E-state index contributed by atoms with van der Waals surface area (Å²) in [6, 6.07) is 3.42. The van der Waals surface area contributed by atoms with Crippen LogP contribution >= 0.6 is 0 Å². The maximum absolute atomic E-state index is 12.8. The molecule has 2 aliphatic heterocycles. The lowest BCUT2D eigenvalue weighted by Gasteiger charge is -2.51. The molecule has 2 fully saturated rings. The van der Waals surface area contributed by atoms with E-state index < -0.39 is 17.3 Å². The van der Waals surface area contributed by atoms with Gasteiger partial charge in [0.05, 0.1) is 18.8 Å². The predicted molar refractivity (Wildman–Crippen MR) is 90.5 cm³/mol. The van der Waals surface area contributed by atoms with Crippen molar-refractivity contribution in [3.8, 4) is 5.88 Å². The van der Waals surface area contributed by atoms with Crippen molar-refractivity contribution in [2.75, 3.05) is 26.3 Å². The normalized spacial score (nSPS) is 28.8. The summed E-state index contributed by atoms with van der Waals surface area (Å²) in [5.74, 6) is 0.204. The molecule has 0 aliphatic carbocycles. The third kappa shape index (κ3) is 3.36. The zero-order valence-electron chi connectivity index (χ0n) is 14.8. The van der Waals surface area contributed by atoms with Crippen LogP contribution in [-0.2, 0) is 4.74 Å².